The molecule has 1 aromatic carbocycles. The number of ether oxygens (including phenoxy) is 3. The van der Waals surface area contributed by atoms with Crippen molar-refractivity contribution >= 4 is 11.9 Å². The molecule has 1 amide bonds. The fourth-order valence-corrected chi connectivity index (χ4v) is 3.57. The van der Waals surface area contributed by atoms with Gasteiger partial charge in [-0.3, -0.25) is 4.79 Å². The average molecular weight is 448 g/mol. The number of hydrogen-bond donors (Lipinski definition) is 2. The summed E-state index contributed by atoms with van der Waals surface area (Å²) in [6, 6.07) is 1.06. The molecule has 32 heavy (non-hydrogen) atoms. The van der Waals surface area contributed by atoms with Crippen molar-refractivity contribution in [1.29, 1.82) is 0 Å². The van der Waals surface area contributed by atoms with E-state index in [1.807, 2.05) is 0 Å². The smallest absolute Gasteiger partial charge is 0.243 e. The molecule has 10 heteroatoms. The standard InChI is InChI=1S/C22H26F2N4O4/c1-4-19(29)27-15-7-5-6-8-16(15)28-22-25-10-13(11-26-22)32-12-14-20(23)17(30-2)9-18(31-3)21(14)24/h4,9-11,15-16H,1,5-8,12H2,2-3H3,(H,27,29)(H,25,26,28). The van der Waals surface area contributed by atoms with Crippen LogP contribution in [0.2, 0.25) is 0 Å². The van der Waals surface area contributed by atoms with Crippen LogP contribution in [0.4, 0.5) is 14.7 Å². The molecule has 1 aromatic heterocycles. The maximum absolute atomic E-state index is 14.5. The molecule has 2 aromatic rings. The molecule has 8 nitrogen and oxygen atoms in total. The van der Waals surface area contributed by atoms with Crippen molar-refractivity contribution in [3.05, 3.63) is 48.3 Å². The molecular weight excluding hydrogens is 422 g/mol. The molecule has 0 aliphatic heterocycles. The lowest BCUT2D eigenvalue weighted by molar-refractivity contribution is -0.117. The van der Waals surface area contributed by atoms with Crippen LogP contribution in [0, 0.1) is 11.6 Å². The summed E-state index contributed by atoms with van der Waals surface area (Å²) in [6.07, 6.45) is 7.82. The van der Waals surface area contributed by atoms with Gasteiger partial charge < -0.3 is 24.8 Å². The first-order valence-electron chi connectivity index (χ1n) is 10.2. The second-order valence-corrected chi connectivity index (χ2v) is 7.27. The molecule has 0 bridgehead atoms. The first-order chi connectivity index (χ1) is 15.5. The van der Waals surface area contributed by atoms with E-state index in [-0.39, 0.29) is 40.8 Å². The largest absolute Gasteiger partial charge is 0.494 e. The van der Waals surface area contributed by atoms with Gasteiger partial charge in [0.25, 0.3) is 0 Å². The van der Waals surface area contributed by atoms with E-state index in [2.05, 4.69) is 27.2 Å². The first kappa shape index (κ1) is 23.2. The van der Waals surface area contributed by atoms with Gasteiger partial charge in [-0.2, -0.15) is 0 Å². The highest BCUT2D eigenvalue weighted by atomic mass is 19.1. The van der Waals surface area contributed by atoms with Gasteiger partial charge in [-0.05, 0) is 18.9 Å². The topological polar surface area (TPSA) is 94.6 Å². The van der Waals surface area contributed by atoms with Crippen molar-refractivity contribution in [2.75, 3.05) is 19.5 Å². The minimum absolute atomic E-state index is 0.0214. The van der Waals surface area contributed by atoms with Crippen LogP contribution in [0.5, 0.6) is 17.2 Å². The summed E-state index contributed by atoms with van der Waals surface area (Å²) in [6.45, 7) is 3.08. The monoisotopic (exact) mass is 448 g/mol. The molecule has 0 spiro atoms. The fraction of sp³-hybridized carbons (Fsp3) is 0.409. The molecule has 0 radical (unpaired) electrons. The highest BCUT2D eigenvalue weighted by Gasteiger charge is 2.26. The number of carbonyl (C=O) groups excluding carboxylic acids is 1. The summed E-state index contributed by atoms with van der Waals surface area (Å²) in [5.74, 6) is -1.66. The molecule has 2 N–H and O–H groups in total. The Morgan fingerprint density at radius 3 is 2.28 bits per heavy atom. The van der Waals surface area contributed by atoms with Gasteiger partial charge in [0.1, 0.15) is 6.61 Å². The minimum atomic E-state index is -0.866. The second kappa shape index (κ2) is 10.7. The SMILES string of the molecule is C=CC(=O)NC1CCCCC1Nc1ncc(OCc2c(F)c(OC)cc(OC)c2F)cn1. The number of anilines is 1. The van der Waals surface area contributed by atoms with E-state index in [1.165, 1.54) is 32.7 Å². The summed E-state index contributed by atoms with van der Waals surface area (Å²) in [4.78, 5) is 20.1. The van der Waals surface area contributed by atoms with Crippen LogP contribution >= 0.6 is 0 Å². The van der Waals surface area contributed by atoms with Crippen molar-refractivity contribution in [3.63, 3.8) is 0 Å². The molecule has 2 atom stereocenters. The van der Waals surface area contributed by atoms with Crippen LogP contribution in [-0.4, -0.2) is 42.2 Å². The lowest BCUT2D eigenvalue weighted by Gasteiger charge is -2.32. The number of halogens is 2. The van der Waals surface area contributed by atoms with E-state index in [4.69, 9.17) is 14.2 Å². The van der Waals surface area contributed by atoms with Crippen LogP contribution in [0.15, 0.2) is 31.1 Å². The van der Waals surface area contributed by atoms with Gasteiger partial charge in [0.15, 0.2) is 28.9 Å². The third-order valence-corrected chi connectivity index (χ3v) is 5.27. The molecule has 172 valence electrons. The molecule has 1 fully saturated rings. The highest BCUT2D eigenvalue weighted by molar-refractivity contribution is 5.87. The van der Waals surface area contributed by atoms with Gasteiger partial charge in [-0.15, -0.1) is 0 Å². The van der Waals surface area contributed by atoms with Crippen molar-refractivity contribution in [3.8, 4) is 17.2 Å². The molecule has 1 saturated carbocycles. The second-order valence-electron chi connectivity index (χ2n) is 7.27. The quantitative estimate of drug-likeness (QED) is 0.568. The van der Waals surface area contributed by atoms with Crippen LogP contribution in [0.25, 0.3) is 0 Å². The predicted molar refractivity (Wildman–Crippen MR) is 114 cm³/mol. The number of aromatic nitrogens is 2. The summed E-state index contributed by atoms with van der Waals surface area (Å²) in [5.41, 5.74) is -0.327. The van der Waals surface area contributed by atoms with E-state index < -0.39 is 18.2 Å². The number of hydrogen-bond acceptors (Lipinski definition) is 7. The van der Waals surface area contributed by atoms with Gasteiger partial charge in [0, 0.05) is 18.2 Å². The molecule has 1 heterocycles. The molecule has 3 rings (SSSR count). The van der Waals surface area contributed by atoms with Gasteiger partial charge >= 0.3 is 0 Å². The Hall–Kier alpha value is -3.43. The summed E-state index contributed by atoms with van der Waals surface area (Å²) < 4.78 is 44.2. The molecular formula is C22H26F2N4O4. The van der Waals surface area contributed by atoms with Gasteiger partial charge in [-0.1, -0.05) is 19.4 Å². The maximum Gasteiger partial charge on any atom is 0.243 e. The number of nitrogens with one attached hydrogen (secondary N) is 2. The zero-order chi connectivity index (χ0) is 23.1. The third kappa shape index (κ3) is 5.43. The van der Waals surface area contributed by atoms with Gasteiger partial charge in [-0.25, -0.2) is 18.7 Å². The fourth-order valence-electron chi connectivity index (χ4n) is 3.57. The Labute approximate surface area is 185 Å². The number of amides is 1. The summed E-state index contributed by atoms with van der Waals surface area (Å²) in [7, 11) is 2.55. The van der Waals surface area contributed by atoms with Gasteiger partial charge in [0.05, 0.1) is 32.2 Å². The number of rotatable bonds is 9. The van der Waals surface area contributed by atoms with Crippen LogP contribution in [-0.2, 0) is 11.4 Å². The Balaban J connectivity index is 1.65. The summed E-state index contributed by atoms with van der Waals surface area (Å²) >= 11 is 0. The Kier molecular flexibility index (Phi) is 7.80. The normalized spacial score (nSPS) is 17.9. The van der Waals surface area contributed by atoms with Crippen molar-refractivity contribution in [2.45, 2.75) is 44.4 Å². The van der Waals surface area contributed by atoms with E-state index >= 15 is 0 Å². The van der Waals surface area contributed by atoms with Crippen molar-refractivity contribution in [2.24, 2.45) is 0 Å². The molecule has 1 aliphatic rings. The van der Waals surface area contributed by atoms with E-state index in [0.29, 0.717) is 5.95 Å². The number of methoxy groups -OCH3 is 2. The van der Waals surface area contributed by atoms with Crippen LogP contribution < -0.4 is 24.8 Å². The molecule has 2 unspecified atom stereocenters. The van der Waals surface area contributed by atoms with Crippen LogP contribution in [0.3, 0.4) is 0 Å². The zero-order valence-electron chi connectivity index (χ0n) is 18.0. The van der Waals surface area contributed by atoms with E-state index in [1.54, 1.807) is 0 Å². The Bertz CT molecular complexity index is 928. The number of nitrogens with zero attached hydrogens (tertiary/aromatic N) is 2. The average Bonchev–Trinajstić information content (AvgIpc) is 2.81. The highest BCUT2D eigenvalue weighted by Crippen LogP contribution is 2.32. The molecule has 0 saturated heterocycles. The Morgan fingerprint density at radius 2 is 1.72 bits per heavy atom. The maximum atomic E-state index is 14.5. The summed E-state index contributed by atoms with van der Waals surface area (Å²) in [5, 5.41) is 6.16. The van der Waals surface area contributed by atoms with Crippen molar-refractivity contribution < 1.29 is 27.8 Å². The van der Waals surface area contributed by atoms with Crippen molar-refractivity contribution in [1.82, 2.24) is 15.3 Å². The first-order valence-corrected chi connectivity index (χ1v) is 10.2. The minimum Gasteiger partial charge on any atom is -0.494 e. The van der Waals surface area contributed by atoms with Gasteiger partial charge in [0.2, 0.25) is 11.9 Å². The van der Waals surface area contributed by atoms with Crippen LogP contribution in [0.1, 0.15) is 31.2 Å². The zero-order valence-corrected chi connectivity index (χ0v) is 18.0. The predicted octanol–water partition coefficient (Wildman–Crippen LogP) is 3.38. The van der Waals surface area contributed by atoms with E-state index in [9.17, 15) is 13.6 Å². The lowest BCUT2D eigenvalue weighted by atomic mass is 9.90. The Morgan fingerprint density at radius 1 is 1.12 bits per heavy atom. The number of carbonyl (C=O) groups is 1. The lowest BCUT2D eigenvalue weighted by Crippen LogP contribution is -2.48. The third-order valence-electron chi connectivity index (χ3n) is 5.27. The number of benzene rings is 1. The molecule has 1 aliphatic carbocycles. The van der Waals surface area contributed by atoms with E-state index in [0.717, 1.165) is 31.7 Å².